The van der Waals surface area contributed by atoms with Crippen molar-refractivity contribution in [1.29, 1.82) is 0 Å². The Morgan fingerprint density at radius 3 is 2.39 bits per heavy atom. The molecule has 0 saturated heterocycles. The van der Waals surface area contributed by atoms with Crippen molar-refractivity contribution < 1.29 is 9.72 Å². The van der Waals surface area contributed by atoms with Gasteiger partial charge in [0.1, 0.15) is 0 Å². The zero-order valence-electron chi connectivity index (χ0n) is 17.7. The van der Waals surface area contributed by atoms with Crippen LogP contribution < -0.4 is 5.73 Å². The lowest BCUT2D eigenvalue weighted by Gasteiger charge is -2.18. The van der Waals surface area contributed by atoms with Crippen molar-refractivity contribution in [3.05, 3.63) is 99.6 Å². The summed E-state index contributed by atoms with van der Waals surface area (Å²) in [6.07, 6.45) is 1.18. The molecule has 0 heterocycles. The number of rotatable bonds is 9. The van der Waals surface area contributed by atoms with Crippen molar-refractivity contribution in [2.24, 2.45) is 5.92 Å². The number of hydrogen-bond donors (Lipinski definition) is 1. The van der Waals surface area contributed by atoms with Crippen LogP contribution in [0.1, 0.15) is 47.0 Å². The summed E-state index contributed by atoms with van der Waals surface area (Å²) in [5, 5.41) is 11.0. The van der Waals surface area contributed by atoms with Crippen molar-refractivity contribution in [3.63, 3.8) is 0 Å². The number of carbonyl (C=O) groups is 1. The molecular weight excluding hydrogens is 408 g/mol. The van der Waals surface area contributed by atoms with Crippen LogP contribution in [0.4, 0.5) is 11.4 Å². The van der Waals surface area contributed by atoms with Crippen LogP contribution in [0.2, 0.25) is 0 Å². The summed E-state index contributed by atoms with van der Waals surface area (Å²) in [5.74, 6) is 0.544. The Morgan fingerprint density at radius 1 is 1.03 bits per heavy atom. The molecule has 0 radical (unpaired) electrons. The monoisotopic (exact) mass is 434 g/mol. The van der Waals surface area contributed by atoms with E-state index in [-0.39, 0.29) is 23.1 Å². The third-order valence-electron chi connectivity index (χ3n) is 4.93. The van der Waals surface area contributed by atoms with Crippen LogP contribution in [-0.4, -0.2) is 10.7 Å². The molecule has 0 aromatic heterocycles. The molecule has 0 amide bonds. The fourth-order valence-electron chi connectivity index (χ4n) is 3.39. The van der Waals surface area contributed by atoms with Gasteiger partial charge in [-0.1, -0.05) is 62.4 Å². The smallest absolute Gasteiger partial charge is 0.269 e. The van der Waals surface area contributed by atoms with Gasteiger partial charge in [-0.3, -0.25) is 14.9 Å². The lowest BCUT2D eigenvalue weighted by atomic mass is 9.98. The average Bonchev–Trinajstić information content (AvgIpc) is 2.75. The fraction of sp³-hybridized carbons (Fsp3) is 0.240. The predicted molar refractivity (Wildman–Crippen MR) is 126 cm³/mol. The number of benzene rings is 3. The number of thioether (sulfide) groups is 1. The number of nitrogens with two attached hydrogens (primary N) is 1. The molecule has 160 valence electrons. The number of anilines is 1. The summed E-state index contributed by atoms with van der Waals surface area (Å²) in [4.78, 5) is 24.8. The van der Waals surface area contributed by atoms with Crippen LogP contribution in [0, 0.1) is 16.0 Å². The zero-order valence-corrected chi connectivity index (χ0v) is 18.5. The first-order chi connectivity index (χ1) is 14.8. The van der Waals surface area contributed by atoms with Gasteiger partial charge in [-0.25, -0.2) is 0 Å². The number of carbonyl (C=O) groups excluding carboxylic acids is 1. The SMILES string of the molecule is CC(C)Cc1ccc(C(=O)C[C@H](Sc2ccccc2N)c2cccc([N+](=O)[O-])c2)cc1. The first-order valence-corrected chi connectivity index (χ1v) is 11.1. The molecule has 0 saturated carbocycles. The number of ketones is 1. The van der Waals surface area contributed by atoms with Crippen molar-refractivity contribution in [2.45, 2.75) is 36.8 Å². The average molecular weight is 435 g/mol. The molecule has 0 bridgehead atoms. The van der Waals surface area contributed by atoms with Gasteiger partial charge in [0.05, 0.1) is 4.92 Å². The molecule has 0 aliphatic heterocycles. The normalized spacial score (nSPS) is 12.0. The van der Waals surface area contributed by atoms with Gasteiger partial charge in [0.15, 0.2) is 5.78 Å². The number of non-ortho nitro benzene ring substituents is 1. The quantitative estimate of drug-likeness (QED) is 0.137. The molecular formula is C25H26N2O3S. The van der Waals surface area contributed by atoms with E-state index in [4.69, 9.17) is 5.73 Å². The summed E-state index contributed by atoms with van der Waals surface area (Å²) in [5.41, 5.74) is 9.31. The maximum atomic E-state index is 13.1. The number of para-hydroxylation sites is 1. The Balaban J connectivity index is 1.87. The second-order valence-corrected chi connectivity index (χ2v) is 9.16. The van der Waals surface area contributed by atoms with E-state index in [2.05, 4.69) is 13.8 Å². The molecule has 0 aliphatic carbocycles. The summed E-state index contributed by atoms with van der Waals surface area (Å²) in [6.45, 7) is 4.32. The number of nitro benzene ring substituents is 1. The Bertz CT molecular complexity index is 1060. The van der Waals surface area contributed by atoms with E-state index < -0.39 is 4.92 Å². The standard InChI is InChI=1S/C25H26N2O3S/c1-17(2)14-18-10-12-19(13-11-18)23(28)16-25(31-24-9-4-3-8-22(24)26)20-6-5-7-21(15-20)27(29)30/h3-13,15,17,25H,14,16,26H2,1-2H3/t25-/m0/s1. The zero-order chi connectivity index (χ0) is 22.4. The van der Waals surface area contributed by atoms with Crippen LogP contribution in [0.5, 0.6) is 0 Å². The summed E-state index contributed by atoms with van der Waals surface area (Å²) in [7, 11) is 0. The molecule has 3 rings (SSSR count). The molecule has 0 fully saturated rings. The molecule has 5 nitrogen and oxygen atoms in total. The Hall–Kier alpha value is -3.12. The summed E-state index contributed by atoms with van der Waals surface area (Å²) < 4.78 is 0. The first-order valence-electron chi connectivity index (χ1n) is 10.2. The van der Waals surface area contributed by atoms with Gasteiger partial charge in [0.25, 0.3) is 5.69 Å². The highest BCUT2D eigenvalue weighted by Gasteiger charge is 2.21. The van der Waals surface area contributed by atoms with Gasteiger partial charge in [0.2, 0.25) is 0 Å². The number of nitrogen functional groups attached to an aromatic ring is 1. The van der Waals surface area contributed by atoms with Crippen LogP contribution in [-0.2, 0) is 6.42 Å². The fourth-order valence-corrected chi connectivity index (χ4v) is 4.58. The second-order valence-electron chi connectivity index (χ2n) is 7.92. The second kappa shape index (κ2) is 10.3. The Labute approximate surface area is 186 Å². The van der Waals surface area contributed by atoms with Crippen molar-refractivity contribution >= 4 is 28.9 Å². The molecule has 3 aromatic rings. The highest BCUT2D eigenvalue weighted by Crippen LogP contribution is 2.41. The summed E-state index contributed by atoms with van der Waals surface area (Å²) >= 11 is 1.45. The van der Waals surface area contributed by atoms with Gasteiger partial charge in [-0.15, -0.1) is 11.8 Å². The minimum Gasteiger partial charge on any atom is -0.398 e. The molecule has 0 unspecified atom stereocenters. The highest BCUT2D eigenvalue weighted by atomic mass is 32.2. The minimum atomic E-state index is -0.419. The molecule has 0 spiro atoms. The minimum absolute atomic E-state index is 0.00499. The van der Waals surface area contributed by atoms with Crippen molar-refractivity contribution in [1.82, 2.24) is 0 Å². The molecule has 6 heteroatoms. The van der Waals surface area contributed by atoms with Crippen LogP contribution in [0.3, 0.4) is 0 Å². The number of Topliss-reactive ketones (excluding diaryl/α,β-unsaturated/α-hetero) is 1. The van der Waals surface area contributed by atoms with E-state index >= 15 is 0 Å². The maximum Gasteiger partial charge on any atom is 0.269 e. The van der Waals surface area contributed by atoms with Gasteiger partial charge in [-0.05, 0) is 35.6 Å². The van der Waals surface area contributed by atoms with E-state index in [1.54, 1.807) is 6.07 Å². The summed E-state index contributed by atoms with van der Waals surface area (Å²) in [6, 6.07) is 21.6. The van der Waals surface area contributed by atoms with E-state index in [1.807, 2.05) is 54.6 Å². The van der Waals surface area contributed by atoms with Gasteiger partial charge in [0, 0.05) is 39.9 Å². The van der Waals surface area contributed by atoms with E-state index in [1.165, 1.54) is 29.5 Å². The molecule has 1 atom stereocenters. The van der Waals surface area contributed by atoms with E-state index in [0.29, 0.717) is 17.2 Å². The largest absolute Gasteiger partial charge is 0.398 e. The topological polar surface area (TPSA) is 86.2 Å². The van der Waals surface area contributed by atoms with Gasteiger partial charge < -0.3 is 5.73 Å². The molecule has 31 heavy (non-hydrogen) atoms. The van der Waals surface area contributed by atoms with Crippen molar-refractivity contribution in [3.8, 4) is 0 Å². The van der Waals surface area contributed by atoms with E-state index in [0.717, 1.165) is 16.9 Å². The molecule has 2 N–H and O–H groups in total. The van der Waals surface area contributed by atoms with E-state index in [9.17, 15) is 14.9 Å². The third-order valence-corrected chi connectivity index (χ3v) is 6.28. The highest BCUT2D eigenvalue weighted by molar-refractivity contribution is 7.99. The Morgan fingerprint density at radius 2 is 1.74 bits per heavy atom. The number of hydrogen-bond acceptors (Lipinski definition) is 5. The van der Waals surface area contributed by atoms with Crippen LogP contribution in [0.25, 0.3) is 0 Å². The molecule has 0 aliphatic rings. The first kappa shape index (κ1) is 22.6. The number of nitro groups is 1. The van der Waals surface area contributed by atoms with Crippen LogP contribution >= 0.6 is 11.8 Å². The van der Waals surface area contributed by atoms with Crippen molar-refractivity contribution in [2.75, 3.05) is 5.73 Å². The maximum absolute atomic E-state index is 13.1. The predicted octanol–water partition coefficient (Wildman–Crippen LogP) is 6.48. The van der Waals surface area contributed by atoms with Gasteiger partial charge >= 0.3 is 0 Å². The Kier molecular flexibility index (Phi) is 7.47. The lowest BCUT2D eigenvalue weighted by Crippen LogP contribution is -2.07. The van der Waals surface area contributed by atoms with Gasteiger partial charge in [-0.2, -0.15) is 0 Å². The third kappa shape index (κ3) is 6.18. The van der Waals surface area contributed by atoms with Crippen LogP contribution in [0.15, 0.2) is 77.7 Å². The molecule has 3 aromatic carbocycles. The number of nitrogens with zero attached hydrogens (tertiary/aromatic N) is 1. The lowest BCUT2D eigenvalue weighted by molar-refractivity contribution is -0.384.